The predicted molar refractivity (Wildman–Crippen MR) is 89.9 cm³/mol. The second kappa shape index (κ2) is 4.40. The molecule has 0 radical (unpaired) electrons. The number of aliphatic hydroxyl groups is 3. The molecule has 0 unspecified atom stereocenters. The Morgan fingerprint density at radius 2 is 1.71 bits per heavy atom. The summed E-state index contributed by atoms with van der Waals surface area (Å²) in [7, 11) is 0. The number of carbonyl (C=O) groups is 1. The van der Waals surface area contributed by atoms with Gasteiger partial charge in [0.25, 0.3) is 0 Å². The van der Waals surface area contributed by atoms with Gasteiger partial charge in [0.15, 0.2) is 5.78 Å². The predicted octanol–water partition coefficient (Wildman–Crippen LogP) is 1.84. The molecule has 4 heteroatoms. The lowest BCUT2D eigenvalue weighted by Crippen LogP contribution is -2.64. The van der Waals surface area contributed by atoms with Crippen LogP contribution in [-0.2, 0) is 4.79 Å². The molecule has 8 atom stereocenters. The van der Waals surface area contributed by atoms with E-state index in [-0.39, 0.29) is 29.0 Å². The van der Waals surface area contributed by atoms with Gasteiger partial charge in [-0.2, -0.15) is 0 Å². The summed E-state index contributed by atoms with van der Waals surface area (Å²) in [5.41, 5.74) is -1.80. The molecule has 3 N–H and O–H groups in total. The van der Waals surface area contributed by atoms with Crippen molar-refractivity contribution in [2.45, 2.75) is 58.8 Å². The SMILES string of the molecule is CC1=C[C@@H]2C(=O)[C@@]3(C=C(C)[C@H](O)[C@@]3(O)[C@@H]1O)[C@H](C)C[C@H]1[C@@H]2C1(C)C. The van der Waals surface area contributed by atoms with E-state index < -0.39 is 23.2 Å². The monoisotopic (exact) mass is 332 g/mol. The zero-order chi connectivity index (χ0) is 17.8. The Kier molecular flexibility index (Phi) is 3.03. The summed E-state index contributed by atoms with van der Waals surface area (Å²) in [5.74, 6) is 0.240. The van der Waals surface area contributed by atoms with Gasteiger partial charge in [0, 0.05) is 5.92 Å². The Labute approximate surface area is 143 Å². The fraction of sp³-hybridized carbons (Fsp3) is 0.750. The van der Waals surface area contributed by atoms with Crippen molar-refractivity contribution < 1.29 is 20.1 Å². The average molecular weight is 332 g/mol. The van der Waals surface area contributed by atoms with Gasteiger partial charge in [-0.15, -0.1) is 0 Å². The zero-order valence-electron chi connectivity index (χ0n) is 15.1. The van der Waals surface area contributed by atoms with Crippen LogP contribution in [0.3, 0.4) is 0 Å². The fourth-order valence-electron chi connectivity index (χ4n) is 6.41. The summed E-state index contributed by atoms with van der Waals surface area (Å²) in [5, 5.41) is 33.2. The minimum absolute atomic E-state index is 0.0256. The summed E-state index contributed by atoms with van der Waals surface area (Å²) in [6.45, 7) is 9.91. The van der Waals surface area contributed by atoms with Crippen LogP contribution in [0.5, 0.6) is 0 Å². The molecule has 4 rings (SSSR count). The summed E-state index contributed by atoms with van der Waals surface area (Å²) in [6, 6.07) is 0. The molecule has 0 aromatic heterocycles. The van der Waals surface area contributed by atoms with Crippen LogP contribution < -0.4 is 0 Å². The molecule has 0 aliphatic heterocycles. The molecule has 0 amide bonds. The molecule has 24 heavy (non-hydrogen) atoms. The maximum absolute atomic E-state index is 13.7. The van der Waals surface area contributed by atoms with E-state index in [0.717, 1.165) is 6.42 Å². The summed E-state index contributed by atoms with van der Waals surface area (Å²) in [4.78, 5) is 13.7. The van der Waals surface area contributed by atoms with E-state index >= 15 is 0 Å². The third kappa shape index (κ3) is 1.50. The maximum atomic E-state index is 13.7. The minimum Gasteiger partial charge on any atom is -0.386 e. The van der Waals surface area contributed by atoms with E-state index in [9.17, 15) is 20.1 Å². The van der Waals surface area contributed by atoms with E-state index in [2.05, 4.69) is 13.8 Å². The Balaban J connectivity index is 1.99. The Hall–Kier alpha value is -0.970. The molecule has 0 saturated heterocycles. The smallest absolute Gasteiger partial charge is 0.153 e. The van der Waals surface area contributed by atoms with Crippen LogP contribution in [0.1, 0.15) is 41.0 Å². The molecular weight excluding hydrogens is 304 g/mol. The first-order chi connectivity index (χ1) is 11.0. The Morgan fingerprint density at radius 1 is 1.12 bits per heavy atom. The molecule has 2 bridgehead atoms. The van der Waals surface area contributed by atoms with Crippen molar-refractivity contribution in [3.05, 3.63) is 23.3 Å². The minimum atomic E-state index is -1.87. The Bertz CT molecular complexity index is 690. The first-order valence-corrected chi connectivity index (χ1v) is 9.01. The molecule has 132 valence electrons. The van der Waals surface area contributed by atoms with Gasteiger partial charge in [0.05, 0.1) is 5.41 Å². The van der Waals surface area contributed by atoms with Crippen molar-refractivity contribution >= 4 is 5.78 Å². The lowest BCUT2D eigenvalue weighted by atomic mass is 9.59. The van der Waals surface area contributed by atoms with Gasteiger partial charge in [-0.3, -0.25) is 4.79 Å². The fourth-order valence-corrected chi connectivity index (χ4v) is 6.41. The van der Waals surface area contributed by atoms with Crippen LogP contribution in [0.2, 0.25) is 0 Å². The molecule has 0 aromatic rings. The van der Waals surface area contributed by atoms with Crippen molar-refractivity contribution in [2.75, 3.05) is 0 Å². The normalized spacial score (nSPS) is 54.9. The summed E-state index contributed by atoms with van der Waals surface area (Å²) >= 11 is 0. The van der Waals surface area contributed by atoms with Crippen LogP contribution in [0.4, 0.5) is 0 Å². The summed E-state index contributed by atoms with van der Waals surface area (Å²) < 4.78 is 0. The van der Waals surface area contributed by atoms with Gasteiger partial charge >= 0.3 is 0 Å². The zero-order valence-corrected chi connectivity index (χ0v) is 15.1. The van der Waals surface area contributed by atoms with Crippen LogP contribution in [0, 0.1) is 34.5 Å². The van der Waals surface area contributed by atoms with Crippen LogP contribution in [-0.4, -0.2) is 38.9 Å². The number of rotatable bonds is 0. The van der Waals surface area contributed by atoms with E-state index in [1.54, 1.807) is 19.9 Å². The molecule has 2 saturated carbocycles. The molecule has 0 aromatic carbocycles. The van der Waals surface area contributed by atoms with Crippen molar-refractivity contribution in [3.8, 4) is 0 Å². The number of hydrogen-bond donors (Lipinski definition) is 3. The van der Waals surface area contributed by atoms with Gasteiger partial charge in [-0.05, 0) is 54.6 Å². The second-order valence-corrected chi connectivity index (χ2v) is 9.28. The standard InChI is InChI=1S/C20H28O4/c1-9-6-12-14-13(18(14,4)5)7-11(3)19(17(12)23)8-10(2)16(22)20(19,24)15(9)21/h6,8,11-16,21-22,24H,7H2,1-5H3/t11-,12+,13+,14-,15-,16+,19-,20+/m1/s1. The molecule has 2 fully saturated rings. The van der Waals surface area contributed by atoms with Crippen LogP contribution in [0.25, 0.3) is 0 Å². The van der Waals surface area contributed by atoms with Crippen LogP contribution >= 0.6 is 0 Å². The second-order valence-electron chi connectivity index (χ2n) is 9.28. The van der Waals surface area contributed by atoms with Crippen molar-refractivity contribution in [2.24, 2.45) is 34.5 Å². The van der Waals surface area contributed by atoms with E-state index in [1.165, 1.54) is 0 Å². The lowest BCUT2D eigenvalue weighted by molar-refractivity contribution is -0.189. The maximum Gasteiger partial charge on any atom is 0.153 e. The molecular formula is C20H28O4. The van der Waals surface area contributed by atoms with Gasteiger partial charge in [-0.25, -0.2) is 0 Å². The van der Waals surface area contributed by atoms with E-state index in [4.69, 9.17) is 0 Å². The first kappa shape index (κ1) is 16.5. The molecule has 4 aliphatic carbocycles. The number of Topliss-reactive ketones (excluding diaryl/α,β-unsaturated/α-hetero) is 1. The Morgan fingerprint density at radius 3 is 2.33 bits per heavy atom. The highest BCUT2D eigenvalue weighted by atomic mass is 16.4. The molecule has 4 nitrogen and oxygen atoms in total. The number of carbonyl (C=O) groups excluding carboxylic acids is 1. The lowest BCUT2D eigenvalue weighted by Gasteiger charge is -2.48. The highest BCUT2D eigenvalue weighted by molar-refractivity contribution is 5.95. The largest absolute Gasteiger partial charge is 0.386 e. The van der Waals surface area contributed by atoms with Crippen molar-refractivity contribution in [3.63, 3.8) is 0 Å². The first-order valence-electron chi connectivity index (χ1n) is 9.01. The third-order valence-electron chi connectivity index (χ3n) is 7.88. The van der Waals surface area contributed by atoms with Gasteiger partial charge < -0.3 is 15.3 Å². The van der Waals surface area contributed by atoms with Crippen molar-refractivity contribution in [1.82, 2.24) is 0 Å². The number of fused-ring (bicyclic) bond motifs is 3. The quantitative estimate of drug-likeness (QED) is 0.592. The highest BCUT2D eigenvalue weighted by Gasteiger charge is 2.75. The number of allylic oxidation sites excluding steroid dienone is 1. The van der Waals surface area contributed by atoms with Gasteiger partial charge in [-0.1, -0.05) is 32.9 Å². The van der Waals surface area contributed by atoms with Gasteiger partial charge in [0.1, 0.15) is 17.8 Å². The summed E-state index contributed by atoms with van der Waals surface area (Å²) in [6.07, 6.45) is 2.01. The third-order valence-corrected chi connectivity index (χ3v) is 7.88. The number of aliphatic hydroxyl groups excluding tert-OH is 2. The average Bonchev–Trinajstić information content (AvgIpc) is 3.01. The van der Waals surface area contributed by atoms with Gasteiger partial charge in [0.2, 0.25) is 0 Å². The molecule has 4 aliphatic rings. The molecule has 1 spiro atoms. The van der Waals surface area contributed by atoms with E-state index in [0.29, 0.717) is 17.1 Å². The number of ketones is 1. The highest BCUT2D eigenvalue weighted by Crippen LogP contribution is 2.71. The number of hydrogen-bond acceptors (Lipinski definition) is 4. The van der Waals surface area contributed by atoms with Crippen molar-refractivity contribution in [1.29, 1.82) is 0 Å². The van der Waals surface area contributed by atoms with E-state index in [1.807, 2.05) is 13.0 Å². The topological polar surface area (TPSA) is 77.8 Å². The molecule has 0 heterocycles. The van der Waals surface area contributed by atoms with Crippen LogP contribution in [0.15, 0.2) is 23.3 Å².